The molecule has 1 aliphatic carbocycles. The molecule has 0 spiro atoms. The smallest absolute Gasteiger partial charge is 0.160 e. The molecule has 0 saturated carbocycles. The van der Waals surface area contributed by atoms with Crippen LogP contribution in [0.2, 0.25) is 0 Å². The van der Waals surface area contributed by atoms with Crippen molar-refractivity contribution in [1.29, 1.82) is 0 Å². The summed E-state index contributed by atoms with van der Waals surface area (Å²) in [5, 5.41) is 1.22. The zero-order chi connectivity index (χ0) is 25.2. The molecular weight excluding hydrogens is 469 g/mol. The highest BCUT2D eigenvalue weighted by Gasteiger charge is 2.29. The molecule has 2 fully saturated rings. The normalized spacial score (nSPS) is 21.9. The van der Waals surface area contributed by atoms with Gasteiger partial charge >= 0.3 is 0 Å². The average molecular weight is 504 g/mol. The molecule has 1 unspecified atom stereocenters. The minimum atomic E-state index is -0.310. The van der Waals surface area contributed by atoms with E-state index in [1.54, 1.807) is 6.08 Å². The van der Waals surface area contributed by atoms with Gasteiger partial charge in [-0.25, -0.2) is 4.39 Å². The van der Waals surface area contributed by atoms with E-state index in [-0.39, 0.29) is 30.7 Å². The number of benzene rings is 2. The van der Waals surface area contributed by atoms with E-state index in [9.17, 15) is 4.79 Å². The van der Waals surface area contributed by atoms with Gasteiger partial charge in [0.15, 0.2) is 5.78 Å². The maximum absolute atomic E-state index is 15.3. The Morgan fingerprint density at radius 1 is 1.08 bits per heavy atom. The largest absolute Gasteiger partial charge is 0.492 e. The number of carbonyl (C=O) groups is 1. The summed E-state index contributed by atoms with van der Waals surface area (Å²) in [4.78, 5) is 15.4. The molecule has 2 aromatic rings. The Labute approximate surface area is 217 Å². The molecule has 194 valence electrons. The first-order chi connectivity index (χ1) is 18.2. The molecule has 0 aromatic heterocycles. The molecule has 0 amide bonds. The van der Waals surface area contributed by atoms with Gasteiger partial charge in [-0.05, 0) is 66.9 Å². The van der Waals surface area contributed by atoms with Crippen molar-refractivity contribution in [3.63, 3.8) is 0 Å². The van der Waals surface area contributed by atoms with Crippen LogP contribution in [-0.4, -0.2) is 50.1 Å². The van der Waals surface area contributed by atoms with Gasteiger partial charge in [-0.15, -0.1) is 0 Å². The van der Waals surface area contributed by atoms with Crippen LogP contribution in [0.25, 0.3) is 11.6 Å². The van der Waals surface area contributed by atoms with Crippen LogP contribution in [0.1, 0.15) is 55.8 Å². The van der Waals surface area contributed by atoms with Crippen molar-refractivity contribution in [2.75, 3.05) is 39.5 Å². The number of likely N-dealkylation sites (tertiary alicyclic amines) is 1. The molecule has 1 atom stereocenters. The molecule has 0 radical (unpaired) electrons. The number of ketones is 1. The first-order valence-electron chi connectivity index (χ1n) is 13.6. The van der Waals surface area contributed by atoms with Gasteiger partial charge in [0.1, 0.15) is 23.9 Å². The maximum atomic E-state index is 15.3. The number of hydrogen-bond donors (Lipinski definition) is 0. The van der Waals surface area contributed by atoms with Gasteiger partial charge < -0.3 is 14.2 Å². The standard InChI is InChI=1S/C31H34FNO4/c32-28-17-22-6-5-14-36-31(22)26-19-24(34)16-23-18-29(37-20-27(23)30(26)28)21-7-9-25(10-8-21)35-15-13-33-11-3-1-2-4-12-33/h6-10,16-17,29H,1-5,11-15,18-20H2. The summed E-state index contributed by atoms with van der Waals surface area (Å²) in [6, 6.07) is 9.57. The Morgan fingerprint density at radius 2 is 1.89 bits per heavy atom. The van der Waals surface area contributed by atoms with Crippen LogP contribution >= 0.6 is 0 Å². The van der Waals surface area contributed by atoms with Crippen molar-refractivity contribution in [2.24, 2.45) is 0 Å². The Bertz CT molecular complexity index is 1320. The van der Waals surface area contributed by atoms with Crippen molar-refractivity contribution in [3.05, 3.63) is 69.4 Å². The van der Waals surface area contributed by atoms with Crippen LogP contribution in [-0.2, 0) is 16.0 Å². The topological polar surface area (TPSA) is 48.0 Å². The highest BCUT2D eigenvalue weighted by Crippen LogP contribution is 2.36. The number of ether oxygens (including phenoxy) is 3. The molecule has 3 heterocycles. The Morgan fingerprint density at radius 3 is 2.70 bits per heavy atom. The zero-order valence-electron chi connectivity index (χ0n) is 21.3. The molecule has 6 rings (SSSR count). The van der Waals surface area contributed by atoms with E-state index in [4.69, 9.17) is 14.2 Å². The predicted molar refractivity (Wildman–Crippen MR) is 141 cm³/mol. The van der Waals surface area contributed by atoms with E-state index >= 15 is 4.39 Å². The highest BCUT2D eigenvalue weighted by molar-refractivity contribution is 5.97. The molecule has 6 heteroatoms. The molecule has 0 N–H and O–H groups in total. The van der Waals surface area contributed by atoms with E-state index in [1.165, 1.54) is 44.8 Å². The van der Waals surface area contributed by atoms with Gasteiger partial charge in [-0.3, -0.25) is 9.69 Å². The van der Waals surface area contributed by atoms with Gasteiger partial charge in [0.2, 0.25) is 0 Å². The van der Waals surface area contributed by atoms with Crippen LogP contribution < -0.4 is 19.9 Å². The summed E-state index contributed by atoms with van der Waals surface area (Å²) in [5.74, 6) is 1.16. The fourth-order valence-electron chi connectivity index (χ4n) is 6.00. The lowest BCUT2D eigenvalue weighted by Crippen LogP contribution is -2.30. The van der Waals surface area contributed by atoms with Crippen LogP contribution in [0.4, 0.5) is 4.39 Å². The molecule has 2 saturated heterocycles. The summed E-state index contributed by atoms with van der Waals surface area (Å²) in [7, 11) is 0. The fourth-order valence-corrected chi connectivity index (χ4v) is 6.00. The molecule has 0 bridgehead atoms. The van der Waals surface area contributed by atoms with E-state index < -0.39 is 0 Å². The molecule has 2 aromatic carbocycles. The summed E-state index contributed by atoms with van der Waals surface area (Å²) in [6.45, 7) is 4.78. The van der Waals surface area contributed by atoms with Crippen molar-refractivity contribution in [3.8, 4) is 11.5 Å². The third-order valence-corrected chi connectivity index (χ3v) is 7.92. The van der Waals surface area contributed by atoms with E-state index in [0.717, 1.165) is 40.6 Å². The third kappa shape index (κ3) is 5.23. The number of nitrogens with zero attached hydrogens (tertiary/aromatic N) is 1. The molecular formula is C31H34FNO4. The molecule has 5 nitrogen and oxygen atoms in total. The molecule has 37 heavy (non-hydrogen) atoms. The molecule has 3 aliphatic heterocycles. The lowest BCUT2D eigenvalue weighted by atomic mass is 9.91. The second kappa shape index (κ2) is 10.8. The maximum Gasteiger partial charge on any atom is 0.160 e. The Balaban J connectivity index is 1.18. The first-order valence-corrected chi connectivity index (χ1v) is 13.6. The van der Waals surface area contributed by atoms with Gasteiger partial charge in [-0.1, -0.05) is 31.1 Å². The summed E-state index contributed by atoms with van der Waals surface area (Å²) in [6.07, 6.45) is 10.1. The summed E-state index contributed by atoms with van der Waals surface area (Å²) < 4.78 is 33.5. The third-order valence-electron chi connectivity index (χ3n) is 7.92. The fraction of sp³-hybridized carbons (Fsp3) is 0.452. The minimum Gasteiger partial charge on any atom is -0.492 e. The number of carbonyl (C=O) groups excluding carboxylic acids is 1. The van der Waals surface area contributed by atoms with Crippen LogP contribution in [0, 0.1) is 5.82 Å². The van der Waals surface area contributed by atoms with Gasteiger partial charge in [0.25, 0.3) is 0 Å². The van der Waals surface area contributed by atoms with E-state index in [0.29, 0.717) is 36.2 Å². The first kappa shape index (κ1) is 24.4. The lowest BCUT2D eigenvalue weighted by Gasteiger charge is -2.28. The highest BCUT2D eigenvalue weighted by atomic mass is 19.1. The van der Waals surface area contributed by atoms with Crippen molar-refractivity contribution in [1.82, 2.24) is 4.90 Å². The second-order valence-corrected chi connectivity index (χ2v) is 10.4. The monoisotopic (exact) mass is 503 g/mol. The average Bonchev–Trinajstić information content (AvgIpc) is 3.26. The zero-order valence-corrected chi connectivity index (χ0v) is 21.3. The SMILES string of the molecule is O=C1C=C2CC(c3ccc(OCCN4CCCCCC4)cc3)OCC2=c2c(F)cc3c(c2C1)OCCC=3. The van der Waals surface area contributed by atoms with Gasteiger partial charge in [0.05, 0.1) is 19.3 Å². The summed E-state index contributed by atoms with van der Waals surface area (Å²) in [5.41, 5.74) is 3.30. The number of rotatable bonds is 5. The number of halogens is 1. The van der Waals surface area contributed by atoms with Gasteiger partial charge in [0, 0.05) is 41.8 Å². The van der Waals surface area contributed by atoms with Crippen LogP contribution in [0.5, 0.6) is 11.5 Å². The Kier molecular flexibility index (Phi) is 7.12. The summed E-state index contributed by atoms with van der Waals surface area (Å²) >= 11 is 0. The van der Waals surface area contributed by atoms with Crippen LogP contribution in [0.3, 0.4) is 0 Å². The predicted octanol–water partition coefficient (Wildman–Crippen LogP) is 4.01. The number of allylic oxidation sites excluding steroid dienone is 1. The quantitative estimate of drug-likeness (QED) is 0.617. The van der Waals surface area contributed by atoms with E-state index in [1.807, 2.05) is 30.3 Å². The lowest BCUT2D eigenvalue weighted by molar-refractivity contribution is -0.114. The van der Waals surface area contributed by atoms with E-state index in [2.05, 4.69) is 4.90 Å². The number of fused-ring (bicyclic) bond motifs is 4. The van der Waals surface area contributed by atoms with Crippen molar-refractivity contribution < 1.29 is 23.4 Å². The Hall–Kier alpha value is -2.96. The van der Waals surface area contributed by atoms with Gasteiger partial charge in [-0.2, -0.15) is 0 Å². The minimum absolute atomic E-state index is 0.0259. The van der Waals surface area contributed by atoms with Crippen LogP contribution in [0.15, 0.2) is 42.0 Å². The number of hydrogen-bond acceptors (Lipinski definition) is 5. The van der Waals surface area contributed by atoms with Crippen molar-refractivity contribution >= 4 is 17.4 Å². The molecule has 4 aliphatic rings. The second-order valence-electron chi connectivity index (χ2n) is 10.4. The van der Waals surface area contributed by atoms with Crippen molar-refractivity contribution in [2.45, 2.75) is 51.0 Å².